The van der Waals surface area contributed by atoms with Crippen molar-refractivity contribution in [3.8, 4) is 0 Å². The van der Waals surface area contributed by atoms with E-state index >= 15 is 0 Å². The average molecular weight is 683 g/mol. The molecule has 0 aliphatic rings. The molecule has 0 aliphatic heterocycles. The van der Waals surface area contributed by atoms with Crippen molar-refractivity contribution in [3.05, 3.63) is 83.7 Å². The molecule has 0 unspecified atom stereocenters. The Morgan fingerprint density at radius 1 is 1.08 bits per heavy atom. The zero-order valence-corrected chi connectivity index (χ0v) is 22.2. The zero-order chi connectivity index (χ0) is 25.8. The van der Waals surface area contributed by atoms with Crippen LogP contribution in [-0.2, 0) is 33.3 Å². The first-order valence-electron chi connectivity index (χ1n) is 10.9. The van der Waals surface area contributed by atoms with Gasteiger partial charge < -0.3 is 19.1 Å². The van der Waals surface area contributed by atoms with E-state index in [1.807, 2.05) is 42.0 Å². The number of pyridine rings is 3. The number of rotatable bonds is 1. The van der Waals surface area contributed by atoms with Gasteiger partial charge in [-0.15, -0.1) is 12.1 Å². The smallest absolute Gasteiger partial charge is 0.397 e. The summed E-state index contributed by atoms with van der Waals surface area (Å²) in [5.74, 6) is -0.988. The fourth-order valence-electron chi connectivity index (χ4n) is 4.25. The number of carboxylic acid groups (broad SMARTS) is 1. The van der Waals surface area contributed by atoms with Crippen LogP contribution in [0.25, 0.3) is 38.4 Å². The van der Waals surface area contributed by atoms with E-state index in [9.17, 15) is 18.0 Å². The van der Waals surface area contributed by atoms with Crippen LogP contribution in [0.3, 0.4) is 0 Å². The number of aryl methyl sites for hydroxylation is 2. The number of para-hydroxylation sites is 1. The Balaban J connectivity index is 0.000000178. The van der Waals surface area contributed by atoms with Gasteiger partial charge in [0.25, 0.3) is 0 Å². The summed E-state index contributed by atoms with van der Waals surface area (Å²) in [5, 5.41) is 10.9. The molecule has 0 spiro atoms. The summed E-state index contributed by atoms with van der Waals surface area (Å²) in [6.07, 6.45) is 0.488. The third-order valence-corrected chi connectivity index (χ3v) is 6.31. The van der Waals surface area contributed by atoms with Crippen molar-refractivity contribution >= 4 is 44.3 Å². The number of halogens is 3. The summed E-state index contributed by atoms with van der Waals surface area (Å²) in [4.78, 5) is 22.7. The van der Waals surface area contributed by atoms with E-state index in [0.717, 1.165) is 33.7 Å². The fourth-order valence-corrected chi connectivity index (χ4v) is 4.25. The van der Waals surface area contributed by atoms with Gasteiger partial charge in [-0.2, -0.15) is 13.2 Å². The largest absolute Gasteiger partial charge is 0.477 e. The Morgan fingerprint density at radius 3 is 2.51 bits per heavy atom. The molecule has 0 saturated carbocycles. The third-order valence-electron chi connectivity index (χ3n) is 6.31. The molecule has 0 atom stereocenters. The molecule has 7 nitrogen and oxygen atoms in total. The number of carbonyl (C=O) groups is 1. The average Bonchev–Trinajstić information content (AvgIpc) is 3.44. The maximum absolute atomic E-state index is 12.9. The van der Waals surface area contributed by atoms with Gasteiger partial charge in [0, 0.05) is 56.1 Å². The first-order chi connectivity index (χ1) is 17.1. The van der Waals surface area contributed by atoms with Crippen molar-refractivity contribution in [2.45, 2.75) is 20.0 Å². The van der Waals surface area contributed by atoms with Gasteiger partial charge in [0.1, 0.15) is 5.69 Å². The van der Waals surface area contributed by atoms with Gasteiger partial charge in [0.15, 0.2) is 0 Å². The Bertz CT molecular complexity index is 1810. The second-order valence-electron chi connectivity index (χ2n) is 8.31. The predicted octanol–water partition coefficient (Wildman–Crippen LogP) is 5.74. The molecule has 0 amide bonds. The van der Waals surface area contributed by atoms with Crippen LogP contribution in [0.2, 0.25) is 0 Å². The van der Waals surface area contributed by atoms with E-state index in [0.29, 0.717) is 16.4 Å². The van der Waals surface area contributed by atoms with Crippen molar-refractivity contribution in [1.29, 1.82) is 0 Å². The number of aromatic nitrogens is 5. The predicted molar refractivity (Wildman–Crippen MR) is 129 cm³/mol. The van der Waals surface area contributed by atoms with E-state index in [4.69, 9.17) is 5.11 Å². The minimum atomic E-state index is -4.49. The normalized spacial score (nSPS) is 11.5. The topological polar surface area (TPSA) is 85.3 Å². The van der Waals surface area contributed by atoms with Crippen LogP contribution in [0.5, 0.6) is 0 Å². The molecule has 0 saturated heterocycles. The molecule has 0 aliphatic carbocycles. The molecule has 5 heterocycles. The Morgan fingerprint density at radius 2 is 1.81 bits per heavy atom. The second-order valence-corrected chi connectivity index (χ2v) is 8.31. The van der Waals surface area contributed by atoms with Crippen LogP contribution in [0, 0.1) is 19.9 Å². The second kappa shape index (κ2) is 9.57. The molecule has 1 radical (unpaired) electrons. The van der Waals surface area contributed by atoms with Crippen molar-refractivity contribution in [3.63, 3.8) is 0 Å². The number of imidazole rings is 1. The summed E-state index contributed by atoms with van der Waals surface area (Å²) in [6, 6.07) is 12.3. The van der Waals surface area contributed by atoms with Gasteiger partial charge in [-0.1, -0.05) is 23.6 Å². The number of carboxylic acids is 1. The van der Waals surface area contributed by atoms with Crippen LogP contribution in [0.1, 0.15) is 27.4 Å². The van der Waals surface area contributed by atoms with Crippen LogP contribution in [0.4, 0.5) is 13.2 Å². The summed E-state index contributed by atoms with van der Waals surface area (Å²) < 4.78 is 42.4. The van der Waals surface area contributed by atoms with Gasteiger partial charge >= 0.3 is 12.1 Å². The number of alkyl halides is 3. The standard InChI is InChI=1S/C15H7F3N3.C11H12N2O2.Ir/c16-15(17,18)12-6-5-10-13(20-12)9-3-1-2-4-11(9)21-8-7-19-14(10)21;1-6-7(2)13(3)10-5-12-9(11(14)15)4-8(6)10;/h1-4,6-8H;4-5H,1-3H3,(H,14,15);/q-1;;. The van der Waals surface area contributed by atoms with E-state index in [2.05, 4.69) is 21.0 Å². The maximum atomic E-state index is 12.9. The van der Waals surface area contributed by atoms with E-state index in [1.54, 1.807) is 36.8 Å². The Kier molecular flexibility index (Phi) is 6.79. The maximum Gasteiger partial charge on any atom is 0.397 e. The number of fused-ring (bicyclic) bond motifs is 7. The number of benzene rings is 1. The molecule has 6 rings (SSSR count). The Labute approximate surface area is 221 Å². The molecule has 11 heteroatoms. The number of hydrogen-bond acceptors (Lipinski definition) is 4. The molecule has 6 aromatic rings. The molecular formula is C26H19F3IrN5O2-. The van der Waals surface area contributed by atoms with E-state index in [1.165, 1.54) is 0 Å². The van der Waals surface area contributed by atoms with Gasteiger partial charge in [0.2, 0.25) is 0 Å². The molecule has 0 fully saturated rings. The number of aromatic carboxylic acids is 1. The molecule has 1 aromatic carbocycles. The summed E-state index contributed by atoms with van der Waals surface area (Å²) in [6.45, 7) is 4.00. The molecule has 191 valence electrons. The van der Waals surface area contributed by atoms with Crippen molar-refractivity contribution in [2.75, 3.05) is 0 Å². The van der Waals surface area contributed by atoms with Gasteiger partial charge in [-0.05, 0) is 42.4 Å². The quantitative estimate of drug-likeness (QED) is 0.177. The molecular weight excluding hydrogens is 664 g/mol. The van der Waals surface area contributed by atoms with E-state index in [-0.39, 0.29) is 31.3 Å². The molecule has 1 N–H and O–H groups in total. The summed E-state index contributed by atoms with van der Waals surface area (Å²) in [7, 11) is 1.95. The van der Waals surface area contributed by atoms with Crippen LogP contribution in [-0.4, -0.2) is 35.0 Å². The van der Waals surface area contributed by atoms with Crippen molar-refractivity contribution in [1.82, 2.24) is 23.9 Å². The third kappa shape index (κ3) is 4.45. The monoisotopic (exact) mass is 683 g/mol. The minimum absolute atomic E-state index is 0. The van der Waals surface area contributed by atoms with Crippen LogP contribution < -0.4 is 0 Å². The number of hydrogen-bond donors (Lipinski definition) is 1. The fraction of sp³-hybridized carbons (Fsp3) is 0.154. The molecule has 37 heavy (non-hydrogen) atoms. The molecule has 0 bridgehead atoms. The zero-order valence-electron chi connectivity index (χ0n) is 19.8. The first kappa shape index (κ1) is 26.2. The molecule has 5 aromatic heterocycles. The van der Waals surface area contributed by atoms with Gasteiger partial charge in [-0.3, -0.25) is 4.98 Å². The van der Waals surface area contributed by atoms with Crippen molar-refractivity contribution < 1.29 is 43.2 Å². The summed E-state index contributed by atoms with van der Waals surface area (Å²) >= 11 is 0. The first-order valence-corrected chi connectivity index (χ1v) is 10.9. The number of nitrogens with zero attached hydrogens (tertiary/aromatic N) is 5. The van der Waals surface area contributed by atoms with Gasteiger partial charge in [0.05, 0.1) is 23.1 Å². The summed E-state index contributed by atoms with van der Waals surface area (Å²) in [5.41, 5.74) is 3.93. The van der Waals surface area contributed by atoms with Gasteiger partial charge in [-0.25, -0.2) is 9.78 Å². The van der Waals surface area contributed by atoms with E-state index < -0.39 is 17.8 Å². The Hall–Kier alpha value is -3.82. The minimum Gasteiger partial charge on any atom is -0.477 e. The SMILES string of the molecule is Cc1c(C)n(C)c2cnc(C(=O)O)cc12.FC(F)(F)c1c[c-]c2c(n1)c1ccccc1n1ccnc21.[Ir]. The van der Waals surface area contributed by atoms with Crippen LogP contribution >= 0.6 is 0 Å². The van der Waals surface area contributed by atoms with Crippen LogP contribution in [0.15, 0.2) is 55.0 Å². The van der Waals surface area contributed by atoms with Crippen molar-refractivity contribution in [2.24, 2.45) is 7.05 Å².